The zero-order valence-corrected chi connectivity index (χ0v) is 21.5. The van der Waals surface area contributed by atoms with Crippen molar-refractivity contribution >= 4 is 23.2 Å². The number of nitrogens with zero attached hydrogens (tertiary/aromatic N) is 5. The first-order valence-corrected chi connectivity index (χ1v) is 12.7. The summed E-state index contributed by atoms with van der Waals surface area (Å²) in [5.74, 6) is 1.13. The summed E-state index contributed by atoms with van der Waals surface area (Å²) in [5, 5.41) is 6.90. The van der Waals surface area contributed by atoms with Gasteiger partial charge >= 0.3 is 0 Å². The minimum Gasteiger partial charge on any atom is -0.363 e. The third-order valence-electron chi connectivity index (χ3n) is 7.46. The number of rotatable bonds is 5. The van der Waals surface area contributed by atoms with Crippen LogP contribution in [0, 0.1) is 5.41 Å². The molecule has 1 amide bonds. The lowest BCUT2D eigenvalue weighted by Crippen LogP contribution is -2.41. The molecule has 4 aromatic heterocycles. The van der Waals surface area contributed by atoms with E-state index in [0.717, 1.165) is 41.8 Å². The molecular formula is C28H30N6O3. The second-order valence-corrected chi connectivity index (χ2v) is 10.7. The normalized spacial score (nSPS) is 16.1. The predicted octanol–water partition coefficient (Wildman–Crippen LogP) is 4.33. The Morgan fingerprint density at radius 2 is 1.97 bits per heavy atom. The molecule has 37 heavy (non-hydrogen) atoms. The standard InChI is InChI=1S/C28H30N6O3/c1-5-19-20(18-12-21(26(35)32(4)16-18)30-24-7-11-37-31-24)6-8-29-25(19)34-10-9-33-22(27(34)36)13-17-14-28(2,3)15-23(17)33/h6-8,11-13,16H,5,9-10,14-15H2,1-4H3,(H,30,31). The summed E-state index contributed by atoms with van der Waals surface area (Å²) in [6.45, 7) is 7.96. The fourth-order valence-electron chi connectivity index (χ4n) is 5.81. The van der Waals surface area contributed by atoms with E-state index in [0.29, 0.717) is 30.3 Å². The molecule has 0 unspecified atom stereocenters. The molecule has 1 aliphatic carbocycles. The van der Waals surface area contributed by atoms with Crippen LogP contribution in [-0.4, -0.2) is 31.7 Å². The molecule has 0 bridgehead atoms. The van der Waals surface area contributed by atoms with Gasteiger partial charge in [-0.3, -0.25) is 14.5 Å². The van der Waals surface area contributed by atoms with Crippen LogP contribution in [0.2, 0.25) is 0 Å². The van der Waals surface area contributed by atoms with Crippen molar-refractivity contribution in [1.29, 1.82) is 0 Å². The van der Waals surface area contributed by atoms with E-state index in [2.05, 4.69) is 46.9 Å². The topological polar surface area (TPSA) is 98.2 Å². The van der Waals surface area contributed by atoms with E-state index in [-0.39, 0.29) is 16.9 Å². The highest BCUT2D eigenvalue weighted by Gasteiger charge is 2.37. The Balaban J connectivity index is 1.39. The van der Waals surface area contributed by atoms with E-state index in [9.17, 15) is 9.59 Å². The fraction of sp³-hybridized carbons (Fsp3) is 0.357. The number of anilines is 3. The molecule has 0 spiro atoms. The van der Waals surface area contributed by atoms with Gasteiger partial charge in [0.2, 0.25) is 0 Å². The quantitative estimate of drug-likeness (QED) is 0.440. The number of nitrogens with one attached hydrogen (secondary N) is 1. The van der Waals surface area contributed by atoms with E-state index in [1.807, 2.05) is 23.2 Å². The summed E-state index contributed by atoms with van der Waals surface area (Å²) in [7, 11) is 1.72. The van der Waals surface area contributed by atoms with Crippen molar-refractivity contribution in [2.45, 2.75) is 46.6 Å². The maximum Gasteiger partial charge on any atom is 0.276 e. The lowest BCUT2D eigenvalue weighted by atomic mass is 9.90. The molecule has 6 rings (SSSR count). The smallest absolute Gasteiger partial charge is 0.276 e. The van der Waals surface area contributed by atoms with Crippen LogP contribution in [0.25, 0.3) is 11.1 Å². The van der Waals surface area contributed by atoms with Gasteiger partial charge in [-0.1, -0.05) is 25.9 Å². The van der Waals surface area contributed by atoms with Gasteiger partial charge in [-0.25, -0.2) is 4.98 Å². The number of aryl methyl sites for hydroxylation is 1. The molecule has 190 valence electrons. The van der Waals surface area contributed by atoms with Crippen LogP contribution >= 0.6 is 0 Å². The molecule has 0 saturated heterocycles. The average Bonchev–Trinajstić information content (AvgIpc) is 3.57. The van der Waals surface area contributed by atoms with Crippen LogP contribution in [0.15, 0.2) is 52.2 Å². The van der Waals surface area contributed by atoms with E-state index >= 15 is 0 Å². The van der Waals surface area contributed by atoms with Gasteiger partial charge in [-0.05, 0) is 54.0 Å². The molecule has 0 aromatic carbocycles. The second-order valence-electron chi connectivity index (χ2n) is 10.7. The first-order chi connectivity index (χ1) is 17.8. The summed E-state index contributed by atoms with van der Waals surface area (Å²) in [4.78, 5) is 33.0. The van der Waals surface area contributed by atoms with Crippen molar-refractivity contribution in [1.82, 2.24) is 19.3 Å². The van der Waals surface area contributed by atoms with Crippen LogP contribution in [0.4, 0.5) is 17.3 Å². The Kier molecular flexibility index (Phi) is 5.33. The Morgan fingerprint density at radius 1 is 1.14 bits per heavy atom. The molecule has 9 nitrogen and oxygen atoms in total. The highest BCUT2D eigenvalue weighted by Crippen LogP contribution is 2.40. The zero-order chi connectivity index (χ0) is 25.9. The van der Waals surface area contributed by atoms with Crippen LogP contribution < -0.4 is 15.8 Å². The number of carbonyl (C=O) groups excluding carboxylic acids is 1. The van der Waals surface area contributed by atoms with Crippen molar-refractivity contribution in [2.24, 2.45) is 12.5 Å². The number of pyridine rings is 2. The monoisotopic (exact) mass is 498 g/mol. The zero-order valence-electron chi connectivity index (χ0n) is 21.5. The molecule has 2 aliphatic rings. The summed E-state index contributed by atoms with van der Waals surface area (Å²) in [5.41, 5.74) is 6.56. The number of amides is 1. The highest BCUT2D eigenvalue weighted by atomic mass is 16.5. The largest absolute Gasteiger partial charge is 0.363 e. The highest BCUT2D eigenvalue weighted by molar-refractivity contribution is 6.06. The molecule has 0 saturated carbocycles. The maximum absolute atomic E-state index is 13.7. The van der Waals surface area contributed by atoms with E-state index < -0.39 is 0 Å². The van der Waals surface area contributed by atoms with Gasteiger partial charge in [-0.2, -0.15) is 0 Å². The lowest BCUT2D eigenvalue weighted by molar-refractivity contribution is 0.0963. The first kappa shape index (κ1) is 23.3. The molecule has 0 radical (unpaired) electrons. The Labute approximate surface area is 214 Å². The van der Waals surface area contributed by atoms with Crippen molar-refractivity contribution in [3.8, 4) is 11.1 Å². The van der Waals surface area contributed by atoms with Gasteiger partial charge in [0.15, 0.2) is 5.82 Å². The minimum absolute atomic E-state index is 0.00773. The van der Waals surface area contributed by atoms with Crippen molar-refractivity contribution in [2.75, 3.05) is 16.8 Å². The Bertz CT molecular complexity index is 1580. The lowest BCUT2D eigenvalue weighted by Gasteiger charge is -2.31. The Morgan fingerprint density at radius 3 is 2.73 bits per heavy atom. The summed E-state index contributed by atoms with van der Waals surface area (Å²) in [6, 6.07) is 7.49. The number of hydrogen-bond acceptors (Lipinski definition) is 6. The summed E-state index contributed by atoms with van der Waals surface area (Å²) in [6.07, 6.45) is 7.68. The van der Waals surface area contributed by atoms with Crippen molar-refractivity contribution in [3.05, 3.63) is 75.8 Å². The van der Waals surface area contributed by atoms with Gasteiger partial charge < -0.3 is 19.0 Å². The number of hydrogen-bond donors (Lipinski definition) is 1. The molecule has 5 heterocycles. The van der Waals surface area contributed by atoms with Crippen LogP contribution in [-0.2, 0) is 32.9 Å². The van der Waals surface area contributed by atoms with Gasteiger partial charge in [-0.15, -0.1) is 0 Å². The van der Waals surface area contributed by atoms with Gasteiger partial charge in [0, 0.05) is 55.4 Å². The van der Waals surface area contributed by atoms with E-state index in [1.165, 1.54) is 17.5 Å². The third kappa shape index (κ3) is 3.85. The first-order valence-electron chi connectivity index (χ1n) is 12.7. The van der Waals surface area contributed by atoms with Gasteiger partial charge in [0.1, 0.15) is 23.5 Å². The van der Waals surface area contributed by atoms with Gasteiger partial charge in [0.05, 0.1) is 0 Å². The number of aromatic nitrogens is 4. The molecule has 1 aliphatic heterocycles. The molecule has 0 atom stereocenters. The molecule has 1 N–H and O–H groups in total. The minimum atomic E-state index is -0.178. The molecular weight excluding hydrogens is 468 g/mol. The SMILES string of the molecule is CCc1c(-c2cc(Nc3ccon3)c(=O)n(C)c2)ccnc1N1CCn2c(cc3c2CC(C)(C)C3)C1=O. The van der Waals surface area contributed by atoms with Crippen molar-refractivity contribution < 1.29 is 9.32 Å². The number of fused-ring (bicyclic) bond motifs is 3. The van der Waals surface area contributed by atoms with Crippen LogP contribution in [0.3, 0.4) is 0 Å². The van der Waals surface area contributed by atoms with E-state index in [4.69, 9.17) is 4.52 Å². The molecule has 0 fully saturated rings. The predicted molar refractivity (Wildman–Crippen MR) is 141 cm³/mol. The Hall–Kier alpha value is -4.14. The van der Waals surface area contributed by atoms with E-state index in [1.54, 1.807) is 23.9 Å². The summed E-state index contributed by atoms with van der Waals surface area (Å²) < 4.78 is 8.64. The van der Waals surface area contributed by atoms with Crippen molar-refractivity contribution in [3.63, 3.8) is 0 Å². The molecule has 4 aromatic rings. The van der Waals surface area contributed by atoms with Gasteiger partial charge in [0.25, 0.3) is 11.5 Å². The second kappa shape index (κ2) is 8.47. The van der Waals surface area contributed by atoms with Crippen LogP contribution in [0.1, 0.15) is 48.1 Å². The fourth-order valence-corrected chi connectivity index (χ4v) is 5.81. The maximum atomic E-state index is 13.7. The molecule has 9 heteroatoms. The summed E-state index contributed by atoms with van der Waals surface area (Å²) >= 11 is 0. The number of carbonyl (C=O) groups is 1. The third-order valence-corrected chi connectivity index (χ3v) is 7.46. The average molecular weight is 499 g/mol. The van der Waals surface area contributed by atoms with Crippen LogP contribution in [0.5, 0.6) is 0 Å².